The Labute approximate surface area is 186 Å². The summed E-state index contributed by atoms with van der Waals surface area (Å²) >= 11 is 0. The van der Waals surface area contributed by atoms with E-state index in [4.69, 9.17) is 5.73 Å². The summed E-state index contributed by atoms with van der Waals surface area (Å²) in [5.41, 5.74) is 7.01. The molecule has 4 heteroatoms. The van der Waals surface area contributed by atoms with Crippen LogP contribution in [0.1, 0.15) is 5.56 Å². The van der Waals surface area contributed by atoms with Gasteiger partial charge in [-0.2, -0.15) is 0 Å². The molecule has 0 fully saturated rings. The summed E-state index contributed by atoms with van der Waals surface area (Å²) in [7, 11) is -1.98. The van der Waals surface area contributed by atoms with Crippen LogP contribution < -0.4 is 27.0 Å². The summed E-state index contributed by atoms with van der Waals surface area (Å²) in [6.07, 6.45) is 0. The van der Waals surface area contributed by atoms with Crippen molar-refractivity contribution < 1.29 is 0 Å². The van der Waals surface area contributed by atoms with E-state index in [1.807, 2.05) is 0 Å². The lowest BCUT2D eigenvalue weighted by atomic mass is 10.2. The third kappa shape index (κ3) is 4.39. The molecular formula is C25H25Cl2NP+. The van der Waals surface area contributed by atoms with Gasteiger partial charge in [0.25, 0.3) is 0 Å². The van der Waals surface area contributed by atoms with Gasteiger partial charge in [-0.1, -0.05) is 66.7 Å². The second kappa shape index (κ2) is 10.6. The molecule has 0 unspecified atom stereocenters. The average Bonchev–Trinajstić information content (AvgIpc) is 2.77. The monoisotopic (exact) mass is 440 g/mol. The maximum atomic E-state index is 5.85. The molecule has 4 aromatic carbocycles. The number of hydrogen-bond donors (Lipinski definition) is 1. The number of rotatable bonds is 5. The van der Waals surface area contributed by atoms with Crippen molar-refractivity contribution in [1.82, 2.24) is 0 Å². The number of halogens is 2. The molecule has 148 valence electrons. The van der Waals surface area contributed by atoms with Crippen molar-refractivity contribution in [2.24, 2.45) is 5.73 Å². The van der Waals surface area contributed by atoms with E-state index in [1.165, 1.54) is 21.2 Å². The summed E-state index contributed by atoms with van der Waals surface area (Å²) < 4.78 is 0. The molecule has 4 aromatic rings. The van der Waals surface area contributed by atoms with Crippen molar-refractivity contribution in [1.29, 1.82) is 0 Å². The van der Waals surface area contributed by atoms with Crippen LogP contribution in [0.4, 0.5) is 0 Å². The third-order valence-electron chi connectivity index (χ3n) is 4.99. The van der Waals surface area contributed by atoms with Crippen LogP contribution in [0, 0.1) is 0 Å². The molecule has 0 bridgehead atoms. The van der Waals surface area contributed by atoms with Crippen LogP contribution in [-0.2, 0) is 6.54 Å². The van der Waals surface area contributed by atoms with E-state index in [2.05, 4.69) is 115 Å². The summed E-state index contributed by atoms with van der Waals surface area (Å²) in [5, 5.41) is 5.44. The zero-order valence-electron chi connectivity index (χ0n) is 16.0. The van der Waals surface area contributed by atoms with Crippen molar-refractivity contribution in [2.75, 3.05) is 0 Å². The van der Waals surface area contributed by atoms with E-state index >= 15 is 0 Å². The first-order valence-corrected chi connectivity index (χ1v) is 11.0. The minimum atomic E-state index is -1.98. The van der Waals surface area contributed by atoms with Crippen LogP contribution in [0.15, 0.2) is 115 Å². The van der Waals surface area contributed by atoms with Gasteiger partial charge in [-0.05, 0) is 54.1 Å². The number of hydrogen-bond acceptors (Lipinski definition) is 1. The highest BCUT2D eigenvalue weighted by atomic mass is 35.5. The normalized spacial score (nSPS) is 10.5. The van der Waals surface area contributed by atoms with Gasteiger partial charge in [0.1, 0.15) is 28.5 Å². The lowest BCUT2D eigenvalue weighted by Crippen LogP contribution is -2.38. The van der Waals surface area contributed by atoms with E-state index in [-0.39, 0.29) is 24.8 Å². The molecule has 0 atom stereocenters. The van der Waals surface area contributed by atoms with Crippen LogP contribution in [0.5, 0.6) is 0 Å². The zero-order valence-corrected chi connectivity index (χ0v) is 18.5. The molecule has 0 aliphatic heterocycles. The number of nitrogens with two attached hydrogens (primary N) is 1. The van der Waals surface area contributed by atoms with Gasteiger partial charge in [0, 0.05) is 6.54 Å². The Balaban J connectivity index is 0.00000150. The van der Waals surface area contributed by atoms with Crippen LogP contribution in [0.2, 0.25) is 0 Å². The minimum Gasteiger partial charge on any atom is -0.326 e. The maximum Gasteiger partial charge on any atom is 0.144 e. The molecule has 0 amide bonds. The molecule has 0 aliphatic rings. The predicted molar refractivity (Wildman–Crippen MR) is 134 cm³/mol. The SMILES string of the molecule is Cl.Cl.NCc1ccc([P+](c2ccccc2)(c2ccccc2)c2ccccc2)cc1. The summed E-state index contributed by atoms with van der Waals surface area (Å²) in [4.78, 5) is 0. The van der Waals surface area contributed by atoms with Crippen LogP contribution in [-0.4, -0.2) is 0 Å². The van der Waals surface area contributed by atoms with E-state index in [1.54, 1.807) is 0 Å². The molecule has 4 rings (SSSR count). The summed E-state index contributed by atoms with van der Waals surface area (Å²) in [5.74, 6) is 0. The van der Waals surface area contributed by atoms with Gasteiger partial charge < -0.3 is 5.73 Å². The molecule has 0 saturated heterocycles. The lowest BCUT2D eigenvalue weighted by Gasteiger charge is -2.27. The standard InChI is InChI=1S/C25H23NP.2ClH/c26-20-21-16-18-25(19-17-21)27(22-10-4-1-5-11-22,23-12-6-2-7-13-23)24-14-8-3-9-15-24;;/h1-19H,20,26H2;2*1H/q+1;;. The van der Waals surface area contributed by atoms with E-state index in [9.17, 15) is 0 Å². The minimum absolute atomic E-state index is 0. The van der Waals surface area contributed by atoms with E-state index in [0.29, 0.717) is 6.54 Å². The fraction of sp³-hybridized carbons (Fsp3) is 0.0400. The average molecular weight is 441 g/mol. The van der Waals surface area contributed by atoms with Crippen molar-refractivity contribution in [2.45, 2.75) is 6.54 Å². The first kappa shape index (κ1) is 23.1. The predicted octanol–water partition coefficient (Wildman–Crippen LogP) is 4.61. The topological polar surface area (TPSA) is 26.0 Å². The number of benzene rings is 4. The Morgan fingerprint density at radius 1 is 0.448 bits per heavy atom. The molecule has 0 aromatic heterocycles. The van der Waals surface area contributed by atoms with E-state index < -0.39 is 7.26 Å². The molecule has 0 radical (unpaired) electrons. The Hall–Kier alpha value is -2.15. The quantitative estimate of drug-likeness (QED) is 0.450. The fourth-order valence-electron chi connectivity index (χ4n) is 3.70. The van der Waals surface area contributed by atoms with Gasteiger partial charge >= 0.3 is 0 Å². The molecule has 2 N–H and O–H groups in total. The van der Waals surface area contributed by atoms with E-state index in [0.717, 1.165) is 5.56 Å². The van der Waals surface area contributed by atoms with Crippen LogP contribution >= 0.6 is 32.1 Å². The molecule has 1 nitrogen and oxygen atoms in total. The molecule has 0 saturated carbocycles. The summed E-state index contributed by atoms with van der Waals surface area (Å²) in [6.45, 7) is 0.563. The molecule has 29 heavy (non-hydrogen) atoms. The molecule has 0 heterocycles. The fourth-order valence-corrected chi connectivity index (χ4v) is 7.95. The Morgan fingerprint density at radius 2 is 0.759 bits per heavy atom. The second-order valence-corrected chi connectivity index (χ2v) is 9.96. The highest BCUT2D eigenvalue weighted by Gasteiger charge is 2.47. The molecule has 0 aliphatic carbocycles. The first-order valence-electron chi connectivity index (χ1n) is 9.21. The van der Waals surface area contributed by atoms with Crippen molar-refractivity contribution in [3.8, 4) is 0 Å². The van der Waals surface area contributed by atoms with Gasteiger partial charge in [-0.15, -0.1) is 24.8 Å². The van der Waals surface area contributed by atoms with Gasteiger partial charge in [0.05, 0.1) is 0 Å². The summed E-state index contributed by atoms with van der Waals surface area (Å²) in [6, 6.07) is 41.6. The molecular weight excluding hydrogens is 416 g/mol. The van der Waals surface area contributed by atoms with Crippen LogP contribution in [0.3, 0.4) is 0 Å². The Bertz CT molecular complexity index is 895. The lowest BCUT2D eigenvalue weighted by molar-refractivity contribution is 1.07. The smallest absolute Gasteiger partial charge is 0.144 e. The van der Waals surface area contributed by atoms with Gasteiger partial charge in [-0.3, -0.25) is 0 Å². The maximum absolute atomic E-state index is 5.85. The second-order valence-electron chi connectivity index (χ2n) is 6.55. The van der Waals surface area contributed by atoms with Gasteiger partial charge in [-0.25, -0.2) is 0 Å². The van der Waals surface area contributed by atoms with Crippen molar-refractivity contribution >= 4 is 53.3 Å². The van der Waals surface area contributed by atoms with Crippen molar-refractivity contribution in [3.05, 3.63) is 121 Å². The van der Waals surface area contributed by atoms with Gasteiger partial charge in [0.15, 0.2) is 0 Å². The molecule has 0 spiro atoms. The van der Waals surface area contributed by atoms with Gasteiger partial charge in [0.2, 0.25) is 0 Å². The highest BCUT2D eigenvalue weighted by molar-refractivity contribution is 8.01. The first-order chi connectivity index (χ1) is 13.4. The highest BCUT2D eigenvalue weighted by Crippen LogP contribution is 2.54. The Kier molecular flexibility index (Phi) is 8.44. The third-order valence-corrected chi connectivity index (χ3v) is 9.28. The van der Waals surface area contributed by atoms with Crippen LogP contribution in [0.25, 0.3) is 0 Å². The largest absolute Gasteiger partial charge is 0.326 e. The van der Waals surface area contributed by atoms with Crippen molar-refractivity contribution in [3.63, 3.8) is 0 Å². The Morgan fingerprint density at radius 3 is 1.07 bits per heavy atom. The zero-order chi connectivity index (χ0) is 18.5.